The van der Waals surface area contributed by atoms with E-state index in [4.69, 9.17) is 23.2 Å². The van der Waals surface area contributed by atoms with Gasteiger partial charge in [-0.3, -0.25) is 4.98 Å². The van der Waals surface area contributed by atoms with Crippen molar-refractivity contribution < 1.29 is 0 Å². The van der Waals surface area contributed by atoms with Crippen molar-refractivity contribution in [2.24, 2.45) is 0 Å². The van der Waals surface area contributed by atoms with E-state index < -0.39 is 0 Å². The summed E-state index contributed by atoms with van der Waals surface area (Å²) in [6.07, 6.45) is 3.74. The fraction of sp³-hybridized carbons (Fsp3) is 0.105. The molecule has 4 rings (SSSR count). The van der Waals surface area contributed by atoms with Gasteiger partial charge in [0.2, 0.25) is 0 Å². The van der Waals surface area contributed by atoms with E-state index in [1.165, 1.54) is 10.9 Å². The Morgan fingerprint density at radius 3 is 2.48 bits per heavy atom. The fourth-order valence-electron chi connectivity index (χ4n) is 3.22. The molecule has 0 N–H and O–H groups in total. The molecule has 0 aliphatic carbocycles. The van der Waals surface area contributed by atoms with Crippen molar-refractivity contribution in [3.05, 3.63) is 64.9 Å². The molecule has 2 aromatic heterocycles. The molecule has 0 fully saturated rings. The minimum atomic E-state index is 0.729. The van der Waals surface area contributed by atoms with Gasteiger partial charge in [-0.2, -0.15) is 0 Å². The number of fused-ring (bicyclic) bond motifs is 3. The van der Waals surface area contributed by atoms with E-state index in [0.717, 1.165) is 38.6 Å². The smallest absolute Gasteiger partial charge is 0.0677 e. The van der Waals surface area contributed by atoms with Gasteiger partial charge in [0.1, 0.15) is 0 Å². The van der Waals surface area contributed by atoms with Crippen LogP contribution in [-0.2, 0) is 6.54 Å². The summed E-state index contributed by atoms with van der Waals surface area (Å²) in [6.45, 7) is 3.01. The van der Waals surface area contributed by atoms with Crippen LogP contribution in [0.3, 0.4) is 0 Å². The Kier molecular flexibility index (Phi) is 3.51. The van der Waals surface area contributed by atoms with Crippen molar-refractivity contribution in [1.82, 2.24) is 9.55 Å². The topological polar surface area (TPSA) is 17.8 Å². The first-order valence-electron chi connectivity index (χ1n) is 7.50. The predicted octanol–water partition coefficient (Wildman–Crippen LogP) is 6.18. The van der Waals surface area contributed by atoms with E-state index in [2.05, 4.69) is 16.5 Å². The summed E-state index contributed by atoms with van der Waals surface area (Å²) >= 11 is 12.4. The second kappa shape index (κ2) is 5.55. The van der Waals surface area contributed by atoms with Crippen LogP contribution in [0.15, 0.2) is 54.9 Å². The molecule has 0 spiro atoms. The van der Waals surface area contributed by atoms with E-state index >= 15 is 0 Å². The number of nitrogens with zero attached hydrogens (tertiary/aromatic N) is 2. The Hall–Kier alpha value is -2.03. The molecule has 0 bridgehead atoms. The average molecular weight is 341 g/mol. The Labute approximate surface area is 144 Å². The van der Waals surface area contributed by atoms with Crippen LogP contribution in [-0.4, -0.2) is 9.55 Å². The summed E-state index contributed by atoms with van der Waals surface area (Å²) in [5.74, 6) is 0. The maximum atomic E-state index is 6.41. The van der Waals surface area contributed by atoms with Crippen LogP contribution >= 0.6 is 23.2 Å². The number of aryl methyl sites for hydroxylation is 1. The maximum absolute atomic E-state index is 6.41. The molecule has 0 unspecified atom stereocenters. The largest absolute Gasteiger partial charge is 0.339 e. The minimum absolute atomic E-state index is 0.729. The van der Waals surface area contributed by atoms with Gasteiger partial charge >= 0.3 is 0 Å². The van der Waals surface area contributed by atoms with E-state index in [9.17, 15) is 0 Å². The molecular weight excluding hydrogens is 327 g/mol. The minimum Gasteiger partial charge on any atom is -0.339 e. The molecule has 4 aromatic rings. The van der Waals surface area contributed by atoms with Gasteiger partial charge in [0.25, 0.3) is 0 Å². The highest BCUT2D eigenvalue weighted by Gasteiger charge is 2.15. The summed E-state index contributed by atoms with van der Waals surface area (Å²) in [6, 6.07) is 14.0. The van der Waals surface area contributed by atoms with E-state index in [-0.39, 0.29) is 0 Å². The molecule has 114 valence electrons. The monoisotopic (exact) mass is 340 g/mol. The molecule has 2 aromatic carbocycles. The number of halogens is 2. The van der Waals surface area contributed by atoms with Crippen molar-refractivity contribution in [3.63, 3.8) is 0 Å². The third-order valence-corrected chi connectivity index (χ3v) is 4.67. The lowest BCUT2D eigenvalue weighted by atomic mass is 10.0. The molecule has 0 aliphatic rings. The number of hydrogen-bond donors (Lipinski definition) is 0. The lowest BCUT2D eigenvalue weighted by Crippen LogP contribution is -1.95. The summed E-state index contributed by atoms with van der Waals surface area (Å²) in [4.78, 5) is 4.28. The standard InChI is InChI=1S/C19H14Cl2N2/c1-2-23-18-11-22-8-7-15(18)17-10-14(21)9-16(19(17)23)12-3-5-13(20)6-4-12/h3-11H,2H2,1H3. The number of aromatic nitrogens is 2. The van der Waals surface area contributed by atoms with Gasteiger partial charge in [-0.1, -0.05) is 35.3 Å². The molecule has 2 nitrogen and oxygen atoms in total. The zero-order chi connectivity index (χ0) is 16.0. The first-order chi connectivity index (χ1) is 11.2. The van der Waals surface area contributed by atoms with Crippen LogP contribution in [0.4, 0.5) is 0 Å². The first-order valence-corrected chi connectivity index (χ1v) is 8.26. The zero-order valence-corrected chi connectivity index (χ0v) is 14.1. The molecule has 0 aliphatic heterocycles. The molecule has 0 atom stereocenters. The molecule has 0 radical (unpaired) electrons. The number of pyridine rings is 1. The van der Waals surface area contributed by atoms with E-state index in [1.54, 1.807) is 0 Å². The first kappa shape index (κ1) is 14.6. The normalized spacial score (nSPS) is 11.4. The summed E-state index contributed by atoms with van der Waals surface area (Å²) in [7, 11) is 0. The third kappa shape index (κ3) is 2.30. The third-order valence-electron chi connectivity index (χ3n) is 4.20. The molecular formula is C19H14Cl2N2. The highest BCUT2D eigenvalue weighted by Crippen LogP contribution is 2.38. The zero-order valence-electron chi connectivity index (χ0n) is 12.6. The van der Waals surface area contributed by atoms with E-state index in [0.29, 0.717) is 0 Å². The Morgan fingerprint density at radius 1 is 0.957 bits per heavy atom. The van der Waals surface area contributed by atoms with Gasteiger partial charge in [0.15, 0.2) is 0 Å². The molecule has 23 heavy (non-hydrogen) atoms. The van der Waals surface area contributed by atoms with E-state index in [1.807, 2.05) is 54.9 Å². The molecule has 0 amide bonds. The van der Waals surface area contributed by atoms with Crippen molar-refractivity contribution >= 4 is 45.0 Å². The summed E-state index contributed by atoms with van der Waals surface area (Å²) in [5.41, 5.74) is 4.53. The van der Waals surface area contributed by atoms with Crippen molar-refractivity contribution in [2.75, 3.05) is 0 Å². The highest BCUT2D eigenvalue weighted by atomic mass is 35.5. The van der Waals surface area contributed by atoms with Crippen molar-refractivity contribution in [1.29, 1.82) is 0 Å². The van der Waals surface area contributed by atoms with Gasteiger partial charge in [0, 0.05) is 39.1 Å². The second-order valence-corrected chi connectivity index (χ2v) is 6.37. The van der Waals surface area contributed by atoms with Gasteiger partial charge in [-0.05, 0) is 42.8 Å². The molecule has 4 heteroatoms. The molecule has 0 saturated carbocycles. The van der Waals surface area contributed by atoms with Crippen LogP contribution < -0.4 is 0 Å². The van der Waals surface area contributed by atoms with Crippen LogP contribution in [0.2, 0.25) is 10.0 Å². The van der Waals surface area contributed by atoms with Crippen LogP contribution in [0, 0.1) is 0 Å². The van der Waals surface area contributed by atoms with Gasteiger partial charge in [-0.15, -0.1) is 0 Å². The highest BCUT2D eigenvalue weighted by molar-refractivity contribution is 6.33. The SMILES string of the molecule is CCn1c2cnccc2c2cc(Cl)cc(-c3ccc(Cl)cc3)c21. The lowest BCUT2D eigenvalue weighted by molar-refractivity contribution is 0.826. The average Bonchev–Trinajstić information content (AvgIpc) is 2.88. The number of hydrogen-bond acceptors (Lipinski definition) is 1. The lowest BCUT2D eigenvalue weighted by Gasteiger charge is -2.10. The Bertz CT molecular complexity index is 1020. The van der Waals surface area contributed by atoms with Crippen molar-refractivity contribution in [2.45, 2.75) is 13.5 Å². The summed E-state index contributed by atoms with van der Waals surface area (Å²) in [5, 5.41) is 3.79. The van der Waals surface area contributed by atoms with Gasteiger partial charge in [-0.25, -0.2) is 0 Å². The summed E-state index contributed by atoms with van der Waals surface area (Å²) < 4.78 is 2.29. The quantitative estimate of drug-likeness (QED) is 0.425. The Morgan fingerprint density at radius 2 is 1.74 bits per heavy atom. The maximum Gasteiger partial charge on any atom is 0.0677 e. The molecule has 2 heterocycles. The van der Waals surface area contributed by atoms with Crippen molar-refractivity contribution in [3.8, 4) is 11.1 Å². The van der Waals surface area contributed by atoms with Crippen LogP contribution in [0.25, 0.3) is 32.9 Å². The number of benzene rings is 2. The van der Waals surface area contributed by atoms with Crippen LogP contribution in [0.5, 0.6) is 0 Å². The molecule has 0 saturated heterocycles. The predicted molar refractivity (Wildman–Crippen MR) is 98.4 cm³/mol. The van der Waals surface area contributed by atoms with Gasteiger partial charge in [0.05, 0.1) is 17.2 Å². The van der Waals surface area contributed by atoms with Crippen LogP contribution in [0.1, 0.15) is 6.92 Å². The van der Waals surface area contributed by atoms with Gasteiger partial charge < -0.3 is 4.57 Å². The second-order valence-electron chi connectivity index (χ2n) is 5.49. The number of rotatable bonds is 2. The fourth-order valence-corrected chi connectivity index (χ4v) is 3.57. The Balaban J connectivity index is 2.17.